The van der Waals surface area contributed by atoms with Crippen LogP contribution in [-0.4, -0.2) is 51.5 Å². The molecular formula is C19H35N3O3. The fourth-order valence-electron chi connectivity index (χ4n) is 2.19. The summed E-state index contributed by atoms with van der Waals surface area (Å²) in [5, 5.41) is 6.76. The Morgan fingerprint density at radius 2 is 2.00 bits per heavy atom. The number of rotatable bonds is 14. The highest BCUT2D eigenvalue weighted by atomic mass is 16.5. The fourth-order valence-corrected chi connectivity index (χ4v) is 2.19. The van der Waals surface area contributed by atoms with E-state index in [1.54, 1.807) is 6.26 Å². The first-order chi connectivity index (χ1) is 12.2. The molecule has 0 atom stereocenters. The molecule has 0 aliphatic carbocycles. The molecule has 0 aliphatic rings. The van der Waals surface area contributed by atoms with Crippen molar-refractivity contribution >= 4 is 5.96 Å². The summed E-state index contributed by atoms with van der Waals surface area (Å²) in [6, 6.07) is 3.90. The van der Waals surface area contributed by atoms with Crippen molar-refractivity contribution in [2.45, 2.75) is 52.6 Å². The first-order valence-corrected chi connectivity index (χ1v) is 9.46. The monoisotopic (exact) mass is 353 g/mol. The van der Waals surface area contributed by atoms with E-state index in [2.05, 4.69) is 29.5 Å². The SMILES string of the molecule is CCOCCCN=C(NCCCCOC(C)C)NCCc1ccco1. The molecule has 25 heavy (non-hydrogen) atoms. The van der Waals surface area contributed by atoms with Crippen molar-refractivity contribution in [3.05, 3.63) is 24.2 Å². The van der Waals surface area contributed by atoms with E-state index in [0.29, 0.717) is 6.10 Å². The number of hydrogen-bond acceptors (Lipinski definition) is 4. The van der Waals surface area contributed by atoms with Gasteiger partial charge in [0.1, 0.15) is 5.76 Å². The summed E-state index contributed by atoms with van der Waals surface area (Å²) < 4.78 is 16.3. The summed E-state index contributed by atoms with van der Waals surface area (Å²) in [6.07, 6.45) is 5.89. The van der Waals surface area contributed by atoms with E-state index in [-0.39, 0.29) is 0 Å². The van der Waals surface area contributed by atoms with E-state index in [4.69, 9.17) is 13.9 Å². The smallest absolute Gasteiger partial charge is 0.191 e. The van der Waals surface area contributed by atoms with Gasteiger partial charge in [0.2, 0.25) is 0 Å². The van der Waals surface area contributed by atoms with Gasteiger partial charge in [0.25, 0.3) is 0 Å². The summed E-state index contributed by atoms with van der Waals surface area (Å²) in [5.41, 5.74) is 0. The molecule has 6 nitrogen and oxygen atoms in total. The summed E-state index contributed by atoms with van der Waals surface area (Å²) >= 11 is 0. The Morgan fingerprint density at radius 1 is 1.16 bits per heavy atom. The lowest BCUT2D eigenvalue weighted by molar-refractivity contribution is 0.0762. The van der Waals surface area contributed by atoms with Gasteiger partial charge in [-0.15, -0.1) is 0 Å². The normalized spacial score (nSPS) is 11.9. The first-order valence-electron chi connectivity index (χ1n) is 9.46. The van der Waals surface area contributed by atoms with Crippen LogP contribution in [0.25, 0.3) is 0 Å². The van der Waals surface area contributed by atoms with Gasteiger partial charge in [0.15, 0.2) is 5.96 Å². The largest absolute Gasteiger partial charge is 0.469 e. The number of nitrogens with zero attached hydrogens (tertiary/aromatic N) is 1. The molecule has 0 saturated heterocycles. The number of hydrogen-bond donors (Lipinski definition) is 2. The van der Waals surface area contributed by atoms with Crippen molar-refractivity contribution in [3.63, 3.8) is 0 Å². The molecule has 1 aromatic heterocycles. The van der Waals surface area contributed by atoms with Gasteiger partial charge in [-0.3, -0.25) is 4.99 Å². The van der Waals surface area contributed by atoms with Gasteiger partial charge < -0.3 is 24.5 Å². The highest BCUT2D eigenvalue weighted by molar-refractivity contribution is 5.79. The molecule has 0 aromatic carbocycles. The number of furan rings is 1. The van der Waals surface area contributed by atoms with Crippen molar-refractivity contribution in [1.29, 1.82) is 0 Å². The fraction of sp³-hybridized carbons (Fsp3) is 0.737. The second-order valence-corrected chi connectivity index (χ2v) is 6.09. The lowest BCUT2D eigenvalue weighted by atomic mass is 10.3. The van der Waals surface area contributed by atoms with E-state index in [9.17, 15) is 0 Å². The molecule has 2 N–H and O–H groups in total. The number of guanidine groups is 1. The minimum absolute atomic E-state index is 0.304. The Balaban J connectivity index is 2.24. The summed E-state index contributed by atoms with van der Waals surface area (Å²) in [5.74, 6) is 1.84. The maximum atomic E-state index is 5.56. The molecule has 0 spiro atoms. The summed E-state index contributed by atoms with van der Waals surface area (Å²) in [6.45, 7) is 10.9. The van der Waals surface area contributed by atoms with Crippen molar-refractivity contribution in [1.82, 2.24) is 10.6 Å². The van der Waals surface area contributed by atoms with E-state index >= 15 is 0 Å². The van der Waals surface area contributed by atoms with Crippen molar-refractivity contribution in [3.8, 4) is 0 Å². The third kappa shape index (κ3) is 12.5. The third-order valence-corrected chi connectivity index (χ3v) is 3.48. The van der Waals surface area contributed by atoms with Crippen molar-refractivity contribution in [2.24, 2.45) is 4.99 Å². The standard InChI is InChI=1S/C19H35N3O3/c1-4-23-14-8-12-21-19(20-11-5-6-15-24-17(2)3)22-13-10-18-9-7-16-25-18/h7,9,16-17H,4-6,8,10-15H2,1-3H3,(H2,20,21,22). The van der Waals surface area contributed by atoms with Crippen LogP contribution in [0.3, 0.4) is 0 Å². The second-order valence-electron chi connectivity index (χ2n) is 6.09. The predicted molar refractivity (Wildman–Crippen MR) is 102 cm³/mol. The maximum absolute atomic E-state index is 5.56. The van der Waals surface area contributed by atoms with Gasteiger partial charge in [0, 0.05) is 45.9 Å². The number of unbranched alkanes of at least 4 members (excludes halogenated alkanes) is 1. The lowest BCUT2D eigenvalue weighted by Crippen LogP contribution is -2.39. The Labute approximate surface area is 152 Å². The zero-order chi connectivity index (χ0) is 18.2. The third-order valence-electron chi connectivity index (χ3n) is 3.48. The van der Waals surface area contributed by atoms with Crippen LogP contribution < -0.4 is 10.6 Å². The Hall–Kier alpha value is -1.53. The molecular weight excluding hydrogens is 318 g/mol. The molecule has 0 aliphatic heterocycles. The zero-order valence-corrected chi connectivity index (χ0v) is 16.1. The van der Waals surface area contributed by atoms with Crippen LogP contribution in [0.15, 0.2) is 27.8 Å². The van der Waals surface area contributed by atoms with Crippen molar-refractivity contribution in [2.75, 3.05) is 39.5 Å². The van der Waals surface area contributed by atoms with E-state index in [0.717, 1.165) is 76.9 Å². The molecule has 0 saturated carbocycles. The molecule has 0 amide bonds. The molecule has 1 rings (SSSR count). The Morgan fingerprint density at radius 3 is 2.72 bits per heavy atom. The van der Waals surface area contributed by atoms with E-state index in [1.165, 1.54) is 0 Å². The molecule has 1 aromatic rings. The number of ether oxygens (including phenoxy) is 2. The average molecular weight is 354 g/mol. The predicted octanol–water partition coefficient (Wildman–Crippen LogP) is 2.99. The molecule has 0 unspecified atom stereocenters. The van der Waals surface area contributed by atoms with Gasteiger partial charge in [-0.1, -0.05) is 0 Å². The highest BCUT2D eigenvalue weighted by Crippen LogP contribution is 1.99. The first kappa shape index (κ1) is 21.5. The quantitative estimate of drug-likeness (QED) is 0.306. The molecule has 0 fully saturated rings. The zero-order valence-electron chi connectivity index (χ0n) is 16.1. The van der Waals surface area contributed by atoms with Crippen LogP contribution in [-0.2, 0) is 15.9 Å². The molecule has 1 heterocycles. The minimum atomic E-state index is 0.304. The second kappa shape index (κ2) is 14.8. The topological polar surface area (TPSA) is 68.0 Å². The molecule has 0 bridgehead atoms. The lowest BCUT2D eigenvalue weighted by Gasteiger charge is -2.13. The van der Waals surface area contributed by atoms with Gasteiger partial charge in [-0.2, -0.15) is 0 Å². The number of aliphatic imine (C=N–C) groups is 1. The molecule has 0 radical (unpaired) electrons. The maximum Gasteiger partial charge on any atom is 0.191 e. The van der Waals surface area contributed by atoms with Crippen LogP contribution in [0.2, 0.25) is 0 Å². The Kier molecular flexibility index (Phi) is 12.7. The van der Waals surface area contributed by atoms with E-state index in [1.807, 2.05) is 19.1 Å². The van der Waals surface area contributed by atoms with Crippen LogP contribution in [0.1, 0.15) is 45.8 Å². The summed E-state index contributed by atoms with van der Waals surface area (Å²) in [4.78, 5) is 4.61. The van der Waals surface area contributed by atoms with Crippen molar-refractivity contribution < 1.29 is 13.9 Å². The van der Waals surface area contributed by atoms with E-state index < -0.39 is 0 Å². The van der Waals surface area contributed by atoms with Crippen LogP contribution in [0.5, 0.6) is 0 Å². The van der Waals surface area contributed by atoms with Gasteiger partial charge in [0.05, 0.1) is 12.4 Å². The highest BCUT2D eigenvalue weighted by Gasteiger charge is 2.01. The van der Waals surface area contributed by atoms with Crippen LogP contribution in [0, 0.1) is 0 Å². The molecule has 144 valence electrons. The average Bonchev–Trinajstić information content (AvgIpc) is 3.10. The van der Waals surface area contributed by atoms with Crippen LogP contribution >= 0.6 is 0 Å². The number of nitrogens with one attached hydrogen (secondary N) is 2. The Bertz CT molecular complexity index is 433. The van der Waals surface area contributed by atoms with Gasteiger partial charge in [-0.05, 0) is 52.2 Å². The minimum Gasteiger partial charge on any atom is -0.469 e. The van der Waals surface area contributed by atoms with Gasteiger partial charge >= 0.3 is 0 Å². The molecule has 6 heteroatoms. The van der Waals surface area contributed by atoms with Crippen LogP contribution in [0.4, 0.5) is 0 Å². The van der Waals surface area contributed by atoms with Gasteiger partial charge in [-0.25, -0.2) is 0 Å². The summed E-state index contributed by atoms with van der Waals surface area (Å²) in [7, 11) is 0.